The number of hydrogen-bond donors (Lipinski definition) is 2. The zero-order valence-corrected chi connectivity index (χ0v) is 9.02. The van der Waals surface area contributed by atoms with E-state index in [1.165, 1.54) is 16.9 Å². The van der Waals surface area contributed by atoms with Gasteiger partial charge in [0.1, 0.15) is 5.54 Å². The van der Waals surface area contributed by atoms with E-state index in [1.54, 1.807) is 6.92 Å². The fourth-order valence-electron chi connectivity index (χ4n) is 2.03. The van der Waals surface area contributed by atoms with Crippen LogP contribution in [0.15, 0.2) is 11.4 Å². The Kier molecular flexibility index (Phi) is 2.12. The van der Waals surface area contributed by atoms with Gasteiger partial charge in [-0.25, -0.2) is 4.79 Å². The molecule has 0 saturated heterocycles. The van der Waals surface area contributed by atoms with Crippen molar-refractivity contribution < 1.29 is 9.90 Å². The van der Waals surface area contributed by atoms with E-state index in [2.05, 4.69) is 5.32 Å². The number of fused-ring (bicyclic) bond motifs is 1. The van der Waals surface area contributed by atoms with Crippen molar-refractivity contribution >= 4 is 17.3 Å². The molecule has 2 rings (SSSR count). The maximum absolute atomic E-state index is 11.2. The molecule has 1 aliphatic rings. The third-order valence-electron chi connectivity index (χ3n) is 2.69. The maximum atomic E-state index is 11.2. The molecule has 0 amide bonds. The second kappa shape index (κ2) is 3.07. The van der Waals surface area contributed by atoms with Crippen LogP contribution < -0.4 is 5.32 Å². The van der Waals surface area contributed by atoms with Gasteiger partial charge in [0, 0.05) is 10.9 Å². The second-order valence-corrected chi connectivity index (χ2v) is 4.87. The first kappa shape index (κ1) is 9.68. The smallest absolute Gasteiger partial charge is 0.329 e. The van der Waals surface area contributed by atoms with Crippen molar-refractivity contribution in [2.75, 3.05) is 0 Å². The Hall–Kier alpha value is -0.870. The van der Waals surface area contributed by atoms with Crippen molar-refractivity contribution in [1.82, 2.24) is 5.32 Å². The van der Waals surface area contributed by atoms with Crippen molar-refractivity contribution in [2.24, 2.45) is 0 Å². The summed E-state index contributed by atoms with van der Waals surface area (Å²) in [7, 11) is 0. The van der Waals surface area contributed by atoms with Crippen LogP contribution in [0.5, 0.6) is 0 Å². The number of carboxylic acids is 1. The largest absolute Gasteiger partial charge is 0.480 e. The lowest BCUT2D eigenvalue weighted by Gasteiger charge is -2.34. The molecular formula is C10H13NO2S. The summed E-state index contributed by atoms with van der Waals surface area (Å²) in [5, 5.41) is 14.3. The molecule has 0 spiro atoms. The number of hydrogen-bond acceptors (Lipinski definition) is 3. The fourth-order valence-corrected chi connectivity index (χ4v) is 3.09. The van der Waals surface area contributed by atoms with Crippen molar-refractivity contribution in [2.45, 2.75) is 31.8 Å². The molecule has 4 heteroatoms. The van der Waals surface area contributed by atoms with Gasteiger partial charge in [-0.2, -0.15) is 0 Å². The predicted molar refractivity (Wildman–Crippen MR) is 55.6 cm³/mol. The lowest BCUT2D eigenvalue weighted by atomic mass is 9.88. The second-order valence-electron chi connectivity index (χ2n) is 3.95. The first-order chi connectivity index (χ1) is 6.54. The summed E-state index contributed by atoms with van der Waals surface area (Å²) in [6.45, 7) is 3.75. The van der Waals surface area contributed by atoms with Crippen molar-refractivity contribution in [3.05, 3.63) is 21.9 Å². The summed E-state index contributed by atoms with van der Waals surface area (Å²) in [6.07, 6.45) is 0.918. The van der Waals surface area contributed by atoms with Crippen LogP contribution in [0.25, 0.3) is 0 Å². The molecule has 14 heavy (non-hydrogen) atoms. The number of rotatable bonds is 1. The summed E-state index contributed by atoms with van der Waals surface area (Å²) < 4.78 is 0. The Balaban J connectivity index is 2.51. The monoisotopic (exact) mass is 211 g/mol. The molecule has 0 fully saturated rings. The van der Waals surface area contributed by atoms with Gasteiger partial charge in [0.05, 0.1) is 0 Å². The van der Waals surface area contributed by atoms with Crippen LogP contribution in [0.3, 0.4) is 0 Å². The van der Waals surface area contributed by atoms with Crippen LogP contribution >= 0.6 is 11.3 Å². The predicted octanol–water partition coefficient (Wildman–Crippen LogP) is 1.58. The average Bonchev–Trinajstić information content (AvgIpc) is 2.51. The van der Waals surface area contributed by atoms with Crippen LogP contribution in [0.2, 0.25) is 0 Å². The Bertz CT molecular complexity index is 374. The van der Waals surface area contributed by atoms with Gasteiger partial charge >= 0.3 is 5.97 Å². The van der Waals surface area contributed by atoms with Crippen LogP contribution in [-0.4, -0.2) is 17.1 Å². The number of nitrogens with one attached hydrogen (secondary N) is 1. The first-order valence-electron chi connectivity index (χ1n) is 4.62. The van der Waals surface area contributed by atoms with E-state index < -0.39 is 11.5 Å². The van der Waals surface area contributed by atoms with E-state index >= 15 is 0 Å². The van der Waals surface area contributed by atoms with E-state index in [1.807, 2.05) is 18.4 Å². The van der Waals surface area contributed by atoms with Gasteiger partial charge in [-0.05, 0) is 37.3 Å². The van der Waals surface area contributed by atoms with Crippen LogP contribution in [0.1, 0.15) is 24.3 Å². The van der Waals surface area contributed by atoms with Gasteiger partial charge in [-0.15, -0.1) is 11.3 Å². The highest BCUT2D eigenvalue weighted by Gasteiger charge is 2.42. The normalized spacial score (nSPS) is 31.1. The molecule has 0 aromatic carbocycles. The molecule has 1 aromatic heterocycles. The number of thiophene rings is 1. The molecule has 2 atom stereocenters. The van der Waals surface area contributed by atoms with E-state index in [0.717, 1.165) is 11.3 Å². The van der Waals surface area contributed by atoms with Crippen LogP contribution in [0, 0.1) is 0 Å². The number of carboxylic acid groups (broad SMARTS) is 1. The SMILES string of the molecule is C[C@@H]1Cc2ccsc2[C@@](C)(C(=O)O)N1. The molecular weight excluding hydrogens is 198 g/mol. The van der Waals surface area contributed by atoms with Gasteiger partial charge in [-0.1, -0.05) is 0 Å². The quantitative estimate of drug-likeness (QED) is 0.741. The van der Waals surface area contributed by atoms with Crippen molar-refractivity contribution in [3.63, 3.8) is 0 Å². The van der Waals surface area contributed by atoms with E-state index in [4.69, 9.17) is 0 Å². The van der Waals surface area contributed by atoms with Gasteiger partial charge in [-0.3, -0.25) is 5.32 Å². The van der Waals surface area contributed by atoms with Crippen LogP contribution in [-0.2, 0) is 16.8 Å². The molecule has 2 heterocycles. The molecule has 0 saturated carbocycles. The summed E-state index contributed by atoms with van der Waals surface area (Å²) in [5.74, 6) is -0.798. The molecule has 1 aromatic rings. The fraction of sp³-hybridized carbons (Fsp3) is 0.500. The minimum Gasteiger partial charge on any atom is -0.480 e. The standard InChI is InChI=1S/C10H13NO2S/c1-6-5-7-3-4-14-8(7)10(2,11-6)9(12)13/h3-4,6,11H,5H2,1-2H3,(H,12,13)/t6-,10+/m1/s1. The summed E-state index contributed by atoms with van der Waals surface area (Å²) in [6, 6.07) is 2.25. The lowest BCUT2D eigenvalue weighted by molar-refractivity contribution is -0.145. The Morgan fingerprint density at radius 1 is 1.79 bits per heavy atom. The molecule has 76 valence electrons. The third kappa shape index (κ3) is 1.26. The molecule has 3 nitrogen and oxygen atoms in total. The molecule has 0 aliphatic carbocycles. The van der Waals surface area contributed by atoms with Gasteiger partial charge in [0.2, 0.25) is 0 Å². The lowest BCUT2D eigenvalue weighted by Crippen LogP contribution is -2.53. The van der Waals surface area contributed by atoms with Crippen LogP contribution in [0.4, 0.5) is 0 Å². The topological polar surface area (TPSA) is 49.3 Å². The highest BCUT2D eigenvalue weighted by Crippen LogP contribution is 2.34. The van der Waals surface area contributed by atoms with Crippen molar-refractivity contribution in [1.29, 1.82) is 0 Å². The molecule has 2 N–H and O–H groups in total. The molecule has 0 bridgehead atoms. The minimum atomic E-state index is -0.902. The number of aliphatic carboxylic acids is 1. The Morgan fingerprint density at radius 3 is 3.14 bits per heavy atom. The molecule has 1 aliphatic heterocycles. The number of carbonyl (C=O) groups is 1. The summed E-state index contributed by atoms with van der Waals surface area (Å²) in [4.78, 5) is 12.2. The molecule has 0 radical (unpaired) electrons. The van der Waals surface area contributed by atoms with E-state index in [0.29, 0.717) is 0 Å². The zero-order chi connectivity index (χ0) is 10.3. The first-order valence-corrected chi connectivity index (χ1v) is 5.50. The highest BCUT2D eigenvalue weighted by molar-refractivity contribution is 7.10. The van der Waals surface area contributed by atoms with Gasteiger partial charge in [0.15, 0.2) is 0 Å². The van der Waals surface area contributed by atoms with E-state index in [9.17, 15) is 9.90 Å². The highest BCUT2D eigenvalue weighted by atomic mass is 32.1. The third-order valence-corrected chi connectivity index (χ3v) is 3.87. The van der Waals surface area contributed by atoms with E-state index in [-0.39, 0.29) is 6.04 Å². The summed E-state index contributed by atoms with van der Waals surface area (Å²) >= 11 is 1.52. The minimum absolute atomic E-state index is 0.221. The van der Waals surface area contributed by atoms with Gasteiger partial charge < -0.3 is 5.11 Å². The zero-order valence-electron chi connectivity index (χ0n) is 8.20. The summed E-state index contributed by atoms with van der Waals surface area (Å²) in [5.41, 5.74) is 0.271. The van der Waals surface area contributed by atoms with Gasteiger partial charge in [0.25, 0.3) is 0 Å². The average molecular weight is 211 g/mol. The Labute approximate surface area is 86.8 Å². The maximum Gasteiger partial charge on any atom is 0.329 e. The molecule has 0 unspecified atom stereocenters. The van der Waals surface area contributed by atoms with Crippen molar-refractivity contribution in [3.8, 4) is 0 Å². The Morgan fingerprint density at radius 2 is 2.50 bits per heavy atom.